The minimum Gasteiger partial charge on any atom is -0.489 e. The number of benzene rings is 3. The molecular weight excluding hydrogens is 324 g/mol. The van der Waals surface area contributed by atoms with Crippen LogP contribution >= 0.6 is 0 Å². The first-order valence-electron chi connectivity index (χ1n) is 8.25. The first-order chi connectivity index (χ1) is 12.8. The number of hydrogen-bond acceptors (Lipinski definition) is 4. The van der Waals surface area contributed by atoms with Crippen molar-refractivity contribution in [3.63, 3.8) is 0 Å². The highest BCUT2D eigenvalue weighted by Crippen LogP contribution is 2.14. The largest absolute Gasteiger partial charge is 0.489 e. The second-order valence-electron chi connectivity index (χ2n) is 5.62. The quantitative estimate of drug-likeness (QED) is 0.462. The summed E-state index contributed by atoms with van der Waals surface area (Å²) in [5.41, 5.74) is 3.45. The molecule has 0 radical (unpaired) electrons. The Morgan fingerprint density at radius 3 is 2.35 bits per heavy atom. The van der Waals surface area contributed by atoms with Crippen LogP contribution in [0.25, 0.3) is 0 Å². The molecule has 0 fully saturated rings. The van der Waals surface area contributed by atoms with Crippen molar-refractivity contribution in [2.45, 2.75) is 13.2 Å². The van der Waals surface area contributed by atoms with Gasteiger partial charge in [-0.25, -0.2) is 0 Å². The molecular formula is C22H18N2O2. The number of oxime groups is 1. The molecule has 26 heavy (non-hydrogen) atoms. The Morgan fingerprint density at radius 1 is 0.846 bits per heavy atom. The fourth-order valence-corrected chi connectivity index (χ4v) is 2.35. The van der Waals surface area contributed by atoms with Gasteiger partial charge < -0.3 is 9.57 Å². The molecule has 4 nitrogen and oxygen atoms in total. The number of ether oxygens (including phenoxy) is 1. The third-order valence-electron chi connectivity index (χ3n) is 3.76. The minimum atomic E-state index is 0.262. The topological polar surface area (TPSA) is 54.6 Å². The summed E-state index contributed by atoms with van der Waals surface area (Å²) in [5.74, 6) is 0.801. The van der Waals surface area contributed by atoms with Gasteiger partial charge in [0.25, 0.3) is 0 Å². The summed E-state index contributed by atoms with van der Waals surface area (Å²) < 4.78 is 5.75. The van der Waals surface area contributed by atoms with E-state index in [2.05, 4.69) is 11.2 Å². The van der Waals surface area contributed by atoms with Gasteiger partial charge in [-0.3, -0.25) is 0 Å². The van der Waals surface area contributed by atoms with Gasteiger partial charge in [0.05, 0.1) is 17.8 Å². The SMILES string of the molecule is N#Cc1ccccc1CO/N=C\c1ccc(OCc2ccccc2)cc1. The Morgan fingerprint density at radius 2 is 1.58 bits per heavy atom. The molecule has 0 aliphatic rings. The van der Waals surface area contributed by atoms with Crippen LogP contribution in [0.1, 0.15) is 22.3 Å². The molecule has 0 spiro atoms. The summed E-state index contributed by atoms with van der Waals surface area (Å²) in [6.07, 6.45) is 1.63. The van der Waals surface area contributed by atoms with Crippen LogP contribution in [0.2, 0.25) is 0 Å². The van der Waals surface area contributed by atoms with Gasteiger partial charge in [0, 0.05) is 5.56 Å². The second kappa shape index (κ2) is 9.05. The fraction of sp³-hybridized carbons (Fsp3) is 0.0909. The maximum atomic E-state index is 9.04. The highest BCUT2D eigenvalue weighted by atomic mass is 16.6. The van der Waals surface area contributed by atoms with Crippen LogP contribution in [0.3, 0.4) is 0 Å². The molecule has 0 saturated heterocycles. The zero-order valence-electron chi connectivity index (χ0n) is 14.2. The number of nitriles is 1. The fourth-order valence-electron chi connectivity index (χ4n) is 2.35. The normalized spacial score (nSPS) is 10.4. The van der Waals surface area contributed by atoms with E-state index in [0.29, 0.717) is 12.2 Å². The summed E-state index contributed by atoms with van der Waals surface area (Å²) in [7, 11) is 0. The zero-order chi connectivity index (χ0) is 18.0. The van der Waals surface area contributed by atoms with Crippen molar-refractivity contribution in [3.8, 4) is 11.8 Å². The van der Waals surface area contributed by atoms with Crippen molar-refractivity contribution in [2.75, 3.05) is 0 Å². The van der Waals surface area contributed by atoms with E-state index in [1.165, 1.54) is 0 Å². The first-order valence-corrected chi connectivity index (χ1v) is 8.25. The Labute approximate surface area is 152 Å². The molecule has 0 unspecified atom stereocenters. The van der Waals surface area contributed by atoms with Gasteiger partial charge in [-0.1, -0.05) is 53.7 Å². The molecule has 3 aromatic carbocycles. The molecule has 0 aliphatic carbocycles. The van der Waals surface area contributed by atoms with E-state index in [-0.39, 0.29) is 6.61 Å². The third kappa shape index (κ3) is 4.96. The van der Waals surface area contributed by atoms with Gasteiger partial charge in [0.1, 0.15) is 19.0 Å². The molecule has 3 rings (SSSR count). The average molecular weight is 342 g/mol. The van der Waals surface area contributed by atoms with Crippen molar-refractivity contribution in [1.29, 1.82) is 5.26 Å². The lowest BCUT2D eigenvalue weighted by Gasteiger charge is -2.06. The molecule has 4 heteroatoms. The van der Waals surface area contributed by atoms with Crippen LogP contribution in [0.15, 0.2) is 84.0 Å². The van der Waals surface area contributed by atoms with Crippen molar-refractivity contribution in [3.05, 3.63) is 101 Å². The van der Waals surface area contributed by atoms with Crippen molar-refractivity contribution < 1.29 is 9.57 Å². The standard InChI is InChI=1S/C22H18N2O2/c23-14-20-8-4-5-9-21(20)17-26-24-15-18-10-12-22(13-11-18)25-16-19-6-2-1-3-7-19/h1-13,15H,16-17H2/b24-15-. The van der Waals surface area contributed by atoms with Crippen molar-refractivity contribution in [1.82, 2.24) is 0 Å². The van der Waals surface area contributed by atoms with E-state index in [9.17, 15) is 0 Å². The molecule has 0 amide bonds. The lowest BCUT2D eigenvalue weighted by molar-refractivity contribution is 0.132. The maximum absolute atomic E-state index is 9.04. The Hall–Kier alpha value is -3.58. The van der Waals surface area contributed by atoms with E-state index in [0.717, 1.165) is 22.4 Å². The van der Waals surface area contributed by atoms with Crippen LogP contribution < -0.4 is 4.74 Å². The number of hydrogen-bond donors (Lipinski definition) is 0. The highest BCUT2D eigenvalue weighted by Gasteiger charge is 2.00. The van der Waals surface area contributed by atoms with E-state index in [1.54, 1.807) is 12.3 Å². The van der Waals surface area contributed by atoms with Gasteiger partial charge in [0.15, 0.2) is 0 Å². The van der Waals surface area contributed by atoms with Gasteiger partial charge in [0.2, 0.25) is 0 Å². The van der Waals surface area contributed by atoms with Crippen LogP contribution in [-0.2, 0) is 18.1 Å². The molecule has 128 valence electrons. The molecule has 0 aliphatic heterocycles. The van der Waals surface area contributed by atoms with Crippen LogP contribution in [0, 0.1) is 11.3 Å². The molecule has 0 saturated carbocycles. The Balaban J connectivity index is 1.49. The van der Waals surface area contributed by atoms with E-state index < -0.39 is 0 Å². The van der Waals surface area contributed by atoms with Crippen molar-refractivity contribution >= 4 is 6.21 Å². The smallest absolute Gasteiger partial charge is 0.143 e. The van der Waals surface area contributed by atoms with E-state index in [4.69, 9.17) is 14.8 Å². The summed E-state index contributed by atoms with van der Waals surface area (Å²) in [6, 6.07) is 27.1. The molecule has 0 N–H and O–H groups in total. The second-order valence-corrected chi connectivity index (χ2v) is 5.62. The third-order valence-corrected chi connectivity index (χ3v) is 3.76. The average Bonchev–Trinajstić information content (AvgIpc) is 2.71. The monoisotopic (exact) mass is 342 g/mol. The molecule has 3 aromatic rings. The van der Waals surface area contributed by atoms with Gasteiger partial charge in [-0.2, -0.15) is 5.26 Å². The number of nitrogens with zero attached hydrogens (tertiary/aromatic N) is 2. The van der Waals surface area contributed by atoms with Crippen LogP contribution in [-0.4, -0.2) is 6.21 Å². The van der Waals surface area contributed by atoms with Gasteiger partial charge in [-0.05, 0) is 41.5 Å². The van der Waals surface area contributed by atoms with Gasteiger partial charge >= 0.3 is 0 Å². The maximum Gasteiger partial charge on any atom is 0.143 e. The summed E-state index contributed by atoms with van der Waals surface area (Å²) in [5, 5.41) is 13.0. The molecule has 0 aromatic heterocycles. The summed E-state index contributed by atoms with van der Waals surface area (Å²) in [4.78, 5) is 5.29. The van der Waals surface area contributed by atoms with Crippen LogP contribution in [0.5, 0.6) is 5.75 Å². The Bertz CT molecular complexity index is 897. The molecule has 0 heterocycles. The van der Waals surface area contributed by atoms with E-state index >= 15 is 0 Å². The zero-order valence-corrected chi connectivity index (χ0v) is 14.2. The molecule has 0 bridgehead atoms. The summed E-state index contributed by atoms with van der Waals surface area (Å²) in [6.45, 7) is 0.800. The Kier molecular flexibility index (Phi) is 6.00. The van der Waals surface area contributed by atoms with E-state index in [1.807, 2.05) is 72.8 Å². The lowest BCUT2D eigenvalue weighted by atomic mass is 10.1. The van der Waals surface area contributed by atoms with Crippen molar-refractivity contribution in [2.24, 2.45) is 5.16 Å². The molecule has 0 atom stereocenters. The van der Waals surface area contributed by atoms with Crippen LogP contribution in [0.4, 0.5) is 0 Å². The minimum absolute atomic E-state index is 0.262. The first kappa shape index (κ1) is 17.2. The lowest BCUT2D eigenvalue weighted by Crippen LogP contribution is -1.95. The number of rotatable bonds is 7. The predicted octanol–water partition coefficient (Wildman–Crippen LogP) is 4.69. The summed E-state index contributed by atoms with van der Waals surface area (Å²) >= 11 is 0. The van der Waals surface area contributed by atoms with Gasteiger partial charge in [-0.15, -0.1) is 0 Å². The predicted molar refractivity (Wildman–Crippen MR) is 101 cm³/mol. The highest BCUT2D eigenvalue weighted by molar-refractivity contribution is 5.79.